The van der Waals surface area contributed by atoms with Crippen molar-refractivity contribution in [2.24, 2.45) is 10.8 Å². The number of halogens is 6. The van der Waals surface area contributed by atoms with Crippen LogP contribution in [0.25, 0.3) is 17.0 Å². The number of alkyl halides is 5. The molecule has 52 heavy (non-hydrogen) atoms. The first-order chi connectivity index (χ1) is 24.3. The highest BCUT2D eigenvalue weighted by Crippen LogP contribution is 2.51. The molecule has 0 radical (unpaired) electrons. The molecule has 3 atom stereocenters. The summed E-state index contributed by atoms with van der Waals surface area (Å²) in [6, 6.07) is 3.35. The number of amides is 2. The molecule has 2 amide bonds. The lowest BCUT2D eigenvalue weighted by atomic mass is 9.61. The third-order valence-electron chi connectivity index (χ3n) is 9.73. The highest BCUT2D eigenvalue weighted by atomic mass is 35.5. The summed E-state index contributed by atoms with van der Waals surface area (Å²) in [4.78, 5) is 29.0. The number of nitrogens with one attached hydrogen (secondary N) is 4. The molecule has 19 heteroatoms. The molecule has 1 saturated carbocycles. The fourth-order valence-corrected chi connectivity index (χ4v) is 7.00. The number of allylic oxidation sites excluding steroid dienone is 3. The predicted molar refractivity (Wildman–Crippen MR) is 178 cm³/mol. The molecule has 13 nitrogen and oxygen atoms in total. The molecule has 6 rings (SSSR count). The summed E-state index contributed by atoms with van der Waals surface area (Å²) in [5, 5.41) is 31.8. The summed E-state index contributed by atoms with van der Waals surface area (Å²) in [5.74, 6) is -0.713. The molecule has 2 aliphatic carbocycles. The smallest absolute Gasteiger partial charge is 0.411 e. The van der Waals surface area contributed by atoms with Crippen LogP contribution in [0.2, 0.25) is 5.02 Å². The first-order valence-corrected chi connectivity index (χ1v) is 16.6. The first kappa shape index (κ1) is 36.9. The van der Waals surface area contributed by atoms with Crippen molar-refractivity contribution in [3.63, 3.8) is 0 Å². The second-order valence-electron chi connectivity index (χ2n) is 14.7. The number of alkyl carbamates (subject to hydrolysis) is 1. The van der Waals surface area contributed by atoms with Crippen molar-refractivity contribution >= 4 is 35.1 Å². The minimum Gasteiger partial charge on any atom is -0.447 e. The summed E-state index contributed by atoms with van der Waals surface area (Å²) in [6.07, 6.45) is 1.72. The molecule has 3 heterocycles. The van der Waals surface area contributed by atoms with Crippen molar-refractivity contribution in [1.29, 1.82) is 5.41 Å². The molecular weight excluding hydrogens is 715 g/mol. The Kier molecular flexibility index (Phi) is 9.20. The van der Waals surface area contributed by atoms with Gasteiger partial charge in [0, 0.05) is 22.7 Å². The van der Waals surface area contributed by atoms with E-state index in [1.807, 2.05) is 39.1 Å². The van der Waals surface area contributed by atoms with E-state index in [2.05, 4.69) is 31.0 Å². The van der Waals surface area contributed by atoms with E-state index in [9.17, 15) is 26.7 Å². The van der Waals surface area contributed by atoms with Crippen LogP contribution in [0.4, 0.5) is 26.7 Å². The van der Waals surface area contributed by atoms with Crippen LogP contribution < -0.4 is 10.6 Å². The van der Waals surface area contributed by atoms with Gasteiger partial charge >= 0.3 is 18.8 Å². The van der Waals surface area contributed by atoms with Gasteiger partial charge in [0.25, 0.3) is 5.91 Å². The van der Waals surface area contributed by atoms with Crippen molar-refractivity contribution in [2.75, 3.05) is 6.61 Å². The molecule has 3 aromatic rings. The number of rotatable bonds is 10. The van der Waals surface area contributed by atoms with Crippen LogP contribution in [0.3, 0.4) is 0 Å². The van der Waals surface area contributed by atoms with E-state index in [4.69, 9.17) is 21.7 Å². The number of ether oxygens (including phenoxy) is 1. The zero-order chi connectivity index (χ0) is 37.9. The zero-order valence-electron chi connectivity index (χ0n) is 28.5. The summed E-state index contributed by atoms with van der Waals surface area (Å²) in [5.41, 5.74) is -3.64. The minimum absolute atomic E-state index is 0.176. The average Bonchev–Trinajstić information content (AvgIpc) is 3.38. The number of nitrogens with zero attached hydrogens (tertiary/aromatic N) is 6. The molecule has 1 saturated heterocycles. The molecular formula is C33H36ClF5N10O3. The van der Waals surface area contributed by atoms with Gasteiger partial charge in [-0.3, -0.25) is 15.1 Å². The van der Waals surface area contributed by atoms with E-state index in [0.717, 1.165) is 4.90 Å². The van der Waals surface area contributed by atoms with Crippen LogP contribution in [0.5, 0.6) is 0 Å². The van der Waals surface area contributed by atoms with E-state index in [-0.39, 0.29) is 42.5 Å². The number of aromatic amines is 1. The number of hydrogen-bond donors (Lipinski definition) is 4. The molecule has 0 bridgehead atoms. The van der Waals surface area contributed by atoms with Gasteiger partial charge in [-0.1, -0.05) is 63.6 Å². The van der Waals surface area contributed by atoms with Crippen LogP contribution in [0, 0.1) is 16.2 Å². The summed E-state index contributed by atoms with van der Waals surface area (Å²) < 4.78 is 73.3. The first-order valence-electron chi connectivity index (χ1n) is 16.3. The van der Waals surface area contributed by atoms with Gasteiger partial charge in [-0.15, -0.1) is 5.10 Å². The normalized spacial score (nSPS) is 23.4. The molecule has 4 N–H and O–H groups in total. The number of guanidine groups is 1. The van der Waals surface area contributed by atoms with E-state index in [1.54, 1.807) is 18.2 Å². The largest absolute Gasteiger partial charge is 0.447 e. The second kappa shape index (κ2) is 13.0. The van der Waals surface area contributed by atoms with Gasteiger partial charge in [0.1, 0.15) is 17.7 Å². The number of carbonyl (C=O) groups is 2. The van der Waals surface area contributed by atoms with Gasteiger partial charge < -0.3 is 15.4 Å². The van der Waals surface area contributed by atoms with Crippen molar-refractivity contribution in [2.45, 2.75) is 83.2 Å². The fraction of sp³-hybridized carbons (Fsp3) is 0.485. The maximum absolute atomic E-state index is 15.1. The number of H-pyrrole nitrogens is 1. The summed E-state index contributed by atoms with van der Waals surface area (Å²) in [7, 11) is 0. The van der Waals surface area contributed by atoms with Crippen LogP contribution >= 0.6 is 11.6 Å². The minimum atomic E-state index is -4.69. The quantitative estimate of drug-likeness (QED) is 0.169. The number of benzene rings is 1. The molecule has 278 valence electrons. The SMILES string of the molecule is CC(C)(C)C[C@]1(C2(C)C=CC(c3cnn(C(F)F)c3)=CC2)NC(=N)N([C@H](COC(=O)NC2(C(F)(F)F)CC2)c2ccc(Cl)c(-c3nnn[nH]3)c2)C1=O. The van der Waals surface area contributed by atoms with Gasteiger partial charge in [-0.05, 0) is 64.8 Å². The van der Waals surface area contributed by atoms with E-state index in [0.29, 0.717) is 26.9 Å². The lowest BCUT2D eigenvalue weighted by molar-refractivity contribution is -0.164. The van der Waals surface area contributed by atoms with Gasteiger partial charge in [-0.25, -0.2) is 14.6 Å². The van der Waals surface area contributed by atoms with Gasteiger partial charge in [0.15, 0.2) is 11.8 Å². The van der Waals surface area contributed by atoms with E-state index in [1.165, 1.54) is 24.5 Å². The van der Waals surface area contributed by atoms with Gasteiger partial charge in [0.2, 0.25) is 0 Å². The Balaban J connectivity index is 1.36. The topological polar surface area (TPSA) is 167 Å². The predicted octanol–water partition coefficient (Wildman–Crippen LogP) is 6.57. The van der Waals surface area contributed by atoms with Crippen molar-refractivity contribution in [3.05, 3.63) is 65.0 Å². The molecule has 2 fully saturated rings. The van der Waals surface area contributed by atoms with Gasteiger partial charge in [0.05, 0.1) is 17.3 Å². The third-order valence-corrected chi connectivity index (χ3v) is 10.1. The van der Waals surface area contributed by atoms with Crippen LogP contribution in [0.15, 0.2) is 48.8 Å². The Morgan fingerprint density at radius 3 is 2.50 bits per heavy atom. The molecule has 0 spiro atoms. The molecule has 1 unspecified atom stereocenters. The van der Waals surface area contributed by atoms with Crippen molar-refractivity contribution in [1.82, 2.24) is 45.9 Å². The zero-order valence-corrected chi connectivity index (χ0v) is 29.2. The summed E-state index contributed by atoms with van der Waals surface area (Å²) >= 11 is 6.46. The molecule has 2 aromatic heterocycles. The number of tetrazole rings is 1. The number of aromatic nitrogens is 6. The Bertz CT molecular complexity index is 1940. The van der Waals surface area contributed by atoms with Crippen molar-refractivity contribution < 1.29 is 36.3 Å². The standard InChI is InChI=1S/C33H36ClF5N10O3/c1-29(2,3)17-32(30(4)9-7-18(8-10-30)20-14-41-48(15-20)26(35)36)25(50)49(27(40)42-32)23(16-52-28(51)43-31(11-12-31)33(37,38)39)19-5-6-22(34)21(13-19)24-44-46-47-45-24/h5-9,13-15,23,26H,10-12,16-17H2,1-4H3,(H2,40,42)(H,43,51)(H,44,45,46,47)/t23-,30?,32+/m1/s1. The molecule has 1 aromatic carbocycles. The van der Waals surface area contributed by atoms with Crippen LogP contribution in [-0.4, -0.2) is 77.1 Å². The molecule has 1 aliphatic heterocycles. The lowest BCUT2D eigenvalue weighted by Crippen LogP contribution is -2.60. The van der Waals surface area contributed by atoms with Gasteiger partial charge in [-0.2, -0.15) is 27.1 Å². The lowest BCUT2D eigenvalue weighted by Gasteiger charge is -2.46. The average molecular weight is 751 g/mol. The second-order valence-corrected chi connectivity index (χ2v) is 15.1. The van der Waals surface area contributed by atoms with Crippen LogP contribution in [-0.2, 0) is 9.53 Å². The Morgan fingerprint density at radius 2 is 1.94 bits per heavy atom. The Hall–Kier alpha value is -4.87. The third kappa shape index (κ3) is 6.75. The highest BCUT2D eigenvalue weighted by Gasteiger charge is 2.65. The maximum atomic E-state index is 15.1. The van der Waals surface area contributed by atoms with Crippen LogP contribution in [0.1, 0.15) is 77.1 Å². The van der Waals surface area contributed by atoms with E-state index >= 15 is 4.79 Å². The maximum Gasteiger partial charge on any atom is 0.411 e. The number of carbonyl (C=O) groups excluding carboxylic acids is 2. The number of hydrogen-bond acceptors (Lipinski definition) is 8. The Morgan fingerprint density at radius 1 is 1.21 bits per heavy atom. The summed E-state index contributed by atoms with van der Waals surface area (Å²) in [6.45, 7) is 4.19. The highest BCUT2D eigenvalue weighted by molar-refractivity contribution is 6.33. The van der Waals surface area contributed by atoms with Crippen molar-refractivity contribution in [3.8, 4) is 11.4 Å². The monoisotopic (exact) mass is 750 g/mol. The fourth-order valence-electron chi connectivity index (χ4n) is 6.80. The molecule has 3 aliphatic rings. The Labute approximate surface area is 299 Å². The van der Waals surface area contributed by atoms with E-state index < -0.39 is 59.3 Å².